The molecule has 0 aliphatic rings. The highest BCUT2D eigenvalue weighted by Crippen LogP contribution is 2.20. The normalized spacial score (nSPS) is 9.38. The van der Waals surface area contributed by atoms with Gasteiger partial charge in [-0.2, -0.15) is 0 Å². The lowest BCUT2D eigenvalue weighted by Gasteiger charge is -2.07. The monoisotopic (exact) mass is 286 g/mol. The molecule has 0 saturated heterocycles. The van der Waals surface area contributed by atoms with Crippen LogP contribution in [0.5, 0.6) is 0 Å². The minimum atomic E-state index is -0.637. The zero-order valence-corrected chi connectivity index (χ0v) is 10.2. The van der Waals surface area contributed by atoms with Gasteiger partial charge in [-0.1, -0.05) is 12.1 Å². The molecule has 0 atom stereocenters. The molecule has 1 rings (SSSR count). The van der Waals surface area contributed by atoms with Crippen molar-refractivity contribution in [2.45, 2.75) is 0 Å². The van der Waals surface area contributed by atoms with Gasteiger partial charge in [-0.15, -0.1) is 0 Å². The fourth-order valence-corrected chi connectivity index (χ4v) is 1.37. The van der Waals surface area contributed by atoms with Gasteiger partial charge < -0.3 is 15.4 Å². The van der Waals surface area contributed by atoms with Crippen LogP contribution in [-0.4, -0.2) is 25.7 Å². The van der Waals surface area contributed by atoms with Crippen molar-refractivity contribution in [3.05, 3.63) is 28.7 Å². The summed E-state index contributed by atoms with van der Waals surface area (Å²) < 4.78 is 5.11. The summed E-state index contributed by atoms with van der Waals surface area (Å²) in [6.07, 6.45) is -0.637. The predicted octanol–water partition coefficient (Wildman–Crippen LogP) is 1.74. The smallest absolute Gasteiger partial charge is 0.407 e. The van der Waals surface area contributed by atoms with Crippen LogP contribution in [0.1, 0.15) is 0 Å². The van der Waals surface area contributed by atoms with Gasteiger partial charge >= 0.3 is 6.09 Å². The van der Waals surface area contributed by atoms with Gasteiger partial charge in [0.25, 0.3) is 0 Å². The third kappa shape index (κ3) is 3.90. The van der Waals surface area contributed by atoms with E-state index in [4.69, 9.17) is 0 Å². The van der Waals surface area contributed by atoms with Crippen molar-refractivity contribution in [1.82, 2.24) is 5.32 Å². The van der Waals surface area contributed by atoms with Crippen molar-refractivity contribution in [2.24, 2.45) is 0 Å². The number of benzene rings is 1. The number of amides is 2. The van der Waals surface area contributed by atoms with Crippen molar-refractivity contribution in [3.63, 3.8) is 0 Å². The number of rotatable bonds is 3. The third-order valence-electron chi connectivity index (χ3n) is 1.73. The predicted molar refractivity (Wildman–Crippen MR) is 63.2 cm³/mol. The number of hydrogen-bond donors (Lipinski definition) is 2. The first-order chi connectivity index (χ1) is 7.63. The van der Waals surface area contributed by atoms with Gasteiger partial charge in [0.05, 0.1) is 12.8 Å². The Kier molecular flexibility index (Phi) is 4.78. The molecule has 0 aliphatic heterocycles. The van der Waals surface area contributed by atoms with Crippen LogP contribution in [0.2, 0.25) is 0 Å². The van der Waals surface area contributed by atoms with Gasteiger partial charge in [0, 0.05) is 4.47 Å². The molecule has 16 heavy (non-hydrogen) atoms. The molecule has 2 amide bonds. The largest absolute Gasteiger partial charge is 0.453 e. The number of anilines is 1. The lowest BCUT2D eigenvalue weighted by Crippen LogP contribution is -2.32. The highest BCUT2D eigenvalue weighted by Gasteiger charge is 2.06. The van der Waals surface area contributed by atoms with E-state index in [1.165, 1.54) is 7.11 Å². The van der Waals surface area contributed by atoms with Crippen LogP contribution < -0.4 is 10.6 Å². The van der Waals surface area contributed by atoms with Gasteiger partial charge in [0.15, 0.2) is 0 Å². The maximum Gasteiger partial charge on any atom is 0.407 e. The first-order valence-electron chi connectivity index (χ1n) is 4.49. The summed E-state index contributed by atoms with van der Waals surface area (Å²) >= 11 is 3.29. The number of hydrogen-bond acceptors (Lipinski definition) is 3. The number of methoxy groups -OCH3 is 1. The topological polar surface area (TPSA) is 67.4 Å². The molecule has 0 aliphatic carbocycles. The quantitative estimate of drug-likeness (QED) is 0.890. The molecular weight excluding hydrogens is 276 g/mol. The van der Waals surface area contributed by atoms with Crippen molar-refractivity contribution in [3.8, 4) is 0 Å². The van der Waals surface area contributed by atoms with Gasteiger partial charge in [0.1, 0.15) is 6.54 Å². The van der Waals surface area contributed by atoms with E-state index in [2.05, 4.69) is 31.3 Å². The average molecular weight is 287 g/mol. The molecule has 1 aromatic carbocycles. The van der Waals surface area contributed by atoms with Gasteiger partial charge in [-0.25, -0.2) is 4.79 Å². The maximum absolute atomic E-state index is 11.4. The van der Waals surface area contributed by atoms with E-state index in [0.717, 1.165) is 4.47 Å². The minimum absolute atomic E-state index is 0.131. The number of carbonyl (C=O) groups excluding carboxylic acids is 2. The highest BCUT2D eigenvalue weighted by atomic mass is 79.9. The Balaban J connectivity index is 2.46. The molecule has 5 nitrogen and oxygen atoms in total. The first-order valence-corrected chi connectivity index (χ1v) is 5.29. The van der Waals surface area contributed by atoms with Crippen LogP contribution in [0.3, 0.4) is 0 Å². The molecular formula is C10H11BrN2O3. The number of halogens is 1. The molecule has 1 aromatic rings. The number of alkyl carbamates (subject to hydrolysis) is 1. The van der Waals surface area contributed by atoms with E-state index in [1.807, 2.05) is 12.1 Å². The van der Waals surface area contributed by atoms with Gasteiger partial charge in [-0.3, -0.25) is 4.79 Å². The second kappa shape index (κ2) is 6.12. The average Bonchev–Trinajstić information content (AvgIpc) is 2.29. The molecule has 6 heteroatoms. The molecule has 0 bridgehead atoms. The van der Waals surface area contributed by atoms with E-state index in [-0.39, 0.29) is 12.5 Å². The Labute approximate surface area is 101 Å². The summed E-state index contributed by atoms with van der Waals surface area (Å²) in [4.78, 5) is 22.1. The van der Waals surface area contributed by atoms with E-state index in [0.29, 0.717) is 5.69 Å². The number of para-hydroxylation sites is 1. The second-order valence-corrected chi connectivity index (χ2v) is 3.73. The Hall–Kier alpha value is -1.56. The highest BCUT2D eigenvalue weighted by molar-refractivity contribution is 9.10. The summed E-state index contributed by atoms with van der Waals surface area (Å²) in [5.41, 5.74) is 0.652. The van der Waals surface area contributed by atoms with Crippen LogP contribution in [-0.2, 0) is 9.53 Å². The summed E-state index contributed by atoms with van der Waals surface area (Å²) in [5, 5.41) is 4.92. The number of carbonyl (C=O) groups is 2. The molecule has 0 fully saturated rings. The summed E-state index contributed by atoms with van der Waals surface area (Å²) in [7, 11) is 1.24. The van der Waals surface area contributed by atoms with Crippen LogP contribution >= 0.6 is 15.9 Å². The van der Waals surface area contributed by atoms with Crippen molar-refractivity contribution in [1.29, 1.82) is 0 Å². The Bertz CT molecular complexity index is 395. The number of nitrogens with one attached hydrogen (secondary N) is 2. The first kappa shape index (κ1) is 12.5. The second-order valence-electron chi connectivity index (χ2n) is 2.87. The Morgan fingerprint density at radius 2 is 2.06 bits per heavy atom. The summed E-state index contributed by atoms with van der Waals surface area (Å²) in [5.74, 6) is -0.322. The lowest BCUT2D eigenvalue weighted by atomic mass is 10.3. The van der Waals surface area contributed by atoms with Gasteiger partial charge in [0.2, 0.25) is 5.91 Å². The zero-order chi connectivity index (χ0) is 12.0. The van der Waals surface area contributed by atoms with Gasteiger partial charge in [-0.05, 0) is 28.1 Å². The summed E-state index contributed by atoms with van der Waals surface area (Å²) in [6.45, 7) is -0.131. The molecule has 0 heterocycles. The van der Waals surface area contributed by atoms with Crippen molar-refractivity contribution >= 4 is 33.6 Å². The van der Waals surface area contributed by atoms with Crippen LogP contribution in [0.15, 0.2) is 28.7 Å². The molecule has 0 spiro atoms. The zero-order valence-electron chi connectivity index (χ0n) is 8.62. The fourth-order valence-electron chi connectivity index (χ4n) is 0.982. The standard InChI is InChI=1S/C10H11BrN2O3/c1-16-10(15)12-6-9(14)13-8-5-3-2-4-7(8)11/h2-5H,6H2,1H3,(H,12,15)(H,13,14). The molecule has 86 valence electrons. The minimum Gasteiger partial charge on any atom is -0.453 e. The Morgan fingerprint density at radius 1 is 1.38 bits per heavy atom. The van der Waals surface area contributed by atoms with E-state index < -0.39 is 6.09 Å². The Morgan fingerprint density at radius 3 is 2.69 bits per heavy atom. The van der Waals surface area contributed by atoms with Crippen LogP contribution in [0, 0.1) is 0 Å². The van der Waals surface area contributed by atoms with Crippen molar-refractivity contribution < 1.29 is 14.3 Å². The van der Waals surface area contributed by atoms with E-state index >= 15 is 0 Å². The van der Waals surface area contributed by atoms with Crippen LogP contribution in [0.4, 0.5) is 10.5 Å². The fraction of sp³-hybridized carbons (Fsp3) is 0.200. The SMILES string of the molecule is COC(=O)NCC(=O)Nc1ccccc1Br. The lowest BCUT2D eigenvalue weighted by molar-refractivity contribution is -0.115. The third-order valence-corrected chi connectivity index (χ3v) is 2.42. The molecule has 0 aromatic heterocycles. The molecule has 0 radical (unpaired) electrons. The van der Waals surface area contributed by atoms with Crippen LogP contribution in [0.25, 0.3) is 0 Å². The summed E-state index contributed by atoms with van der Waals surface area (Å²) in [6, 6.07) is 7.20. The molecule has 0 unspecified atom stereocenters. The van der Waals surface area contributed by atoms with Crippen molar-refractivity contribution in [2.75, 3.05) is 19.0 Å². The van der Waals surface area contributed by atoms with E-state index in [1.54, 1.807) is 12.1 Å². The number of ether oxygens (including phenoxy) is 1. The molecule has 2 N–H and O–H groups in total. The molecule has 0 saturated carbocycles. The maximum atomic E-state index is 11.4. The van der Waals surface area contributed by atoms with E-state index in [9.17, 15) is 9.59 Å².